The summed E-state index contributed by atoms with van der Waals surface area (Å²) < 4.78 is 39.2. The molecule has 0 saturated carbocycles. The largest absolute Gasteiger partial charge is 0.481 e. The number of rotatable bonds is 8. The van der Waals surface area contributed by atoms with Crippen molar-refractivity contribution in [1.82, 2.24) is 9.80 Å². The number of alkyl halides is 3. The Hall–Kier alpha value is -2.59. The first-order valence-corrected chi connectivity index (χ1v) is 13.2. The van der Waals surface area contributed by atoms with Crippen molar-refractivity contribution in [1.29, 1.82) is 0 Å². The van der Waals surface area contributed by atoms with Crippen molar-refractivity contribution in [3.8, 4) is 0 Å². The molecule has 2 aliphatic heterocycles. The number of carbonyl (C=O) groups is 2. The number of thiophene rings is 1. The highest BCUT2D eigenvalue weighted by molar-refractivity contribution is 7.10. The fraction of sp³-hybridized carbons (Fsp3) is 0.538. The zero-order valence-electron chi connectivity index (χ0n) is 20.1. The molecule has 0 radical (unpaired) electrons. The summed E-state index contributed by atoms with van der Waals surface area (Å²) in [4.78, 5) is 31.4. The third-order valence-electron chi connectivity index (χ3n) is 7.31. The van der Waals surface area contributed by atoms with Gasteiger partial charge in [0.1, 0.15) is 0 Å². The van der Waals surface area contributed by atoms with Gasteiger partial charge in [-0.05, 0) is 60.9 Å². The molecular formula is C26H32F3N3O3S. The number of anilines is 1. The predicted octanol–water partition coefficient (Wildman–Crippen LogP) is 4.46. The Kier molecular flexibility index (Phi) is 8.56. The van der Waals surface area contributed by atoms with E-state index in [1.807, 2.05) is 27.3 Å². The number of aliphatic carboxylic acids is 1. The molecular weight excluding hydrogens is 491 g/mol. The number of carbonyl (C=O) groups excluding carboxylic acids is 1. The quantitative estimate of drug-likeness (QED) is 0.554. The molecule has 0 bridgehead atoms. The molecule has 1 aromatic carbocycles. The Morgan fingerprint density at radius 3 is 2.47 bits per heavy atom. The Bertz CT molecular complexity index is 1020. The fourth-order valence-corrected chi connectivity index (χ4v) is 5.95. The number of nitrogens with zero attached hydrogens (tertiary/aromatic N) is 3. The minimum absolute atomic E-state index is 0.0414. The van der Waals surface area contributed by atoms with Gasteiger partial charge < -0.3 is 14.9 Å². The summed E-state index contributed by atoms with van der Waals surface area (Å²) in [5.74, 6) is -0.563. The van der Waals surface area contributed by atoms with Gasteiger partial charge in [0.15, 0.2) is 0 Å². The zero-order chi connectivity index (χ0) is 25.7. The molecule has 0 aliphatic carbocycles. The van der Waals surface area contributed by atoms with Crippen LogP contribution in [-0.4, -0.2) is 72.6 Å². The van der Waals surface area contributed by atoms with Crippen LogP contribution in [0, 0.1) is 11.8 Å². The molecule has 3 heterocycles. The summed E-state index contributed by atoms with van der Waals surface area (Å²) >= 11 is 1.56. The lowest BCUT2D eigenvalue weighted by Gasteiger charge is -2.40. The van der Waals surface area contributed by atoms with Crippen LogP contribution in [0.5, 0.6) is 0 Å². The van der Waals surface area contributed by atoms with Crippen LogP contribution in [0.25, 0.3) is 0 Å². The lowest BCUT2D eigenvalue weighted by molar-refractivity contribution is -0.140. The first kappa shape index (κ1) is 26.5. The molecule has 2 saturated heterocycles. The fourth-order valence-electron chi connectivity index (χ4n) is 5.26. The van der Waals surface area contributed by atoms with Crippen molar-refractivity contribution in [3.05, 3.63) is 52.2 Å². The molecule has 1 N–H and O–H groups in total. The van der Waals surface area contributed by atoms with Gasteiger partial charge in [-0.2, -0.15) is 13.2 Å². The number of carboxylic acid groups (broad SMARTS) is 1. The molecule has 10 heteroatoms. The van der Waals surface area contributed by atoms with Gasteiger partial charge in [0.05, 0.1) is 12.0 Å². The number of hydrogen-bond donors (Lipinski definition) is 1. The van der Waals surface area contributed by atoms with Crippen LogP contribution in [-0.2, 0) is 22.2 Å². The number of halogens is 3. The van der Waals surface area contributed by atoms with Crippen molar-refractivity contribution in [2.45, 2.75) is 31.9 Å². The Balaban J connectivity index is 1.30. The van der Waals surface area contributed by atoms with Crippen LogP contribution in [0.2, 0.25) is 0 Å². The molecule has 2 aromatic rings. The van der Waals surface area contributed by atoms with Gasteiger partial charge >= 0.3 is 12.1 Å². The van der Waals surface area contributed by atoms with E-state index in [2.05, 4.69) is 4.90 Å². The Labute approximate surface area is 213 Å². The van der Waals surface area contributed by atoms with E-state index in [9.17, 15) is 27.9 Å². The lowest BCUT2D eigenvalue weighted by atomic mass is 9.81. The van der Waals surface area contributed by atoms with Crippen LogP contribution in [0.4, 0.5) is 18.9 Å². The normalized spacial score (nSPS) is 21.5. The average Bonchev–Trinajstić information content (AvgIpc) is 3.36. The second-order valence-electron chi connectivity index (χ2n) is 9.67. The number of piperazine rings is 1. The SMILES string of the molecule is O=C(O)CC1CCN(C(=O)Cc2cccs2)CC1CCN1CCN(c2cccc(C(F)(F)F)c2)CC1. The van der Waals surface area contributed by atoms with Gasteiger partial charge in [-0.1, -0.05) is 12.1 Å². The van der Waals surface area contributed by atoms with E-state index >= 15 is 0 Å². The van der Waals surface area contributed by atoms with E-state index in [0.717, 1.165) is 37.0 Å². The monoisotopic (exact) mass is 523 g/mol. The predicted molar refractivity (Wildman–Crippen MR) is 133 cm³/mol. The second kappa shape index (κ2) is 11.6. The highest BCUT2D eigenvalue weighted by Crippen LogP contribution is 2.33. The molecule has 2 unspecified atom stereocenters. The number of piperidine rings is 1. The first-order chi connectivity index (χ1) is 17.2. The summed E-state index contributed by atoms with van der Waals surface area (Å²) in [5, 5.41) is 11.3. The lowest BCUT2D eigenvalue weighted by Crippen LogP contribution is -2.49. The van der Waals surface area contributed by atoms with E-state index in [4.69, 9.17) is 0 Å². The van der Waals surface area contributed by atoms with E-state index in [-0.39, 0.29) is 24.2 Å². The molecule has 0 spiro atoms. The molecule has 1 aromatic heterocycles. The molecule has 4 rings (SSSR count). The smallest absolute Gasteiger partial charge is 0.416 e. The second-order valence-corrected chi connectivity index (χ2v) is 10.7. The van der Waals surface area contributed by atoms with Gasteiger partial charge in [0, 0.05) is 56.3 Å². The van der Waals surface area contributed by atoms with Crippen LogP contribution in [0.1, 0.15) is 29.7 Å². The van der Waals surface area contributed by atoms with E-state index in [0.29, 0.717) is 44.7 Å². The Morgan fingerprint density at radius 1 is 1.03 bits per heavy atom. The molecule has 6 nitrogen and oxygen atoms in total. The molecule has 196 valence electrons. The van der Waals surface area contributed by atoms with Crippen molar-refractivity contribution < 1.29 is 27.9 Å². The summed E-state index contributed by atoms with van der Waals surface area (Å²) in [6.45, 7) is 4.68. The van der Waals surface area contributed by atoms with Crippen molar-refractivity contribution in [3.63, 3.8) is 0 Å². The number of hydrogen-bond acceptors (Lipinski definition) is 5. The topological polar surface area (TPSA) is 64.1 Å². The van der Waals surface area contributed by atoms with Gasteiger partial charge in [-0.25, -0.2) is 0 Å². The number of amides is 1. The van der Waals surface area contributed by atoms with Crippen LogP contribution < -0.4 is 4.90 Å². The molecule has 2 fully saturated rings. The maximum Gasteiger partial charge on any atom is 0.416 e. The standard InChI is InChI=1S/C26H32F3N3O3S/c27-26(28,29)21-3-1-4-22(16-21)31-12-10-30(11-13-31)8-6-20-18-32(9-7-19(20)15-25(34)35)24(33)17-23-5-2-14-36-23/h1-5,14,16,19-20H,6-13,15,17-18H2,(H,34,35). The third-order valence-corrected chi connectivity index (χ3v) is 8.19. The Morgan fingerprint density at radius 2 is 1.81 bits per heavy atom. The highest BCUT2D eigenvalue weighted by Gasteiger charge is 2.34. The third kappa shape index (κ3) is 7.00. The molecule has 1 amide bonds. The molecule has 2 atom stereocenters. The van der Waals surface area contributed by atoms with E-state index in [1.54, 1.807) is 17.4 Å². The van der Waals surface area contributed by atoms with Crippen molar-refractivity contribution >= 4 is 28.9 Å². The number of carboxylic acids is 1. The van der Waals surface area contributed by atoms with Crippen LogP contribution in [0.15, 0.2) is 41.8 Å². The molecule has 36 heavy (non-hydrogen) atoms. The molecule has 2 aliphatic rings. The maximum atomic E-state index is 13.1. The van der Waals surface area contributed by atoms with Crippen LogP contribution in [0.3, 0.4) is 0 Å². The van der Waals surface area contributed by atoms with Gasteiger partial charge in [-0.3, -0.25) is 14.5 Å². The summed E-state index contributed by atoms with van der Waals surface area (Å²) in [5.41, 5.74) is -0.0550. The average molecular weight is 524 g/mol. The minimum atomic E-state index is -4.36. The summed E-state index contributed by atoms with van der Waals surface area (Å²) in [6.07, 6.45) is -2.38. The first-order valence-electron chi connectivity index (χ1n) is 12.4. The number of likely N-dealkylation sites (tertiary alicyclic amines) is 1. The summed E-state index contributed by atoms with van der Waals surface area (Å²) in [7, 11) is 0. The minimum Gasteiger partial charge on any atom is -0.481 e. The van der Waals surface area contributed by atoms with Crippen LogP contribution >= 0.6 is 11.3 Å². The van der Waals surface area contributed by atoms with Gasteiger partial charge in [-0.15, -0.1) is 11.3 Å². The van der Waals surface area contributed by atoms with E-state index in [1.165, 1.54) is 12.1 Å². The van der Waals surface area contributed by atoms with Gasteiger partial charge in [0.2, 0.25) is 5.91 Å². The van der Waals surface area contributed by atoms with Crippen molar-refractivity contribution in [2.75, 3.05) is 50.7 Å². The highest BCUT2D eigenvalue weighted by atomic mass is 32.1. The van der Waals surface area contributed by atoms with E-state index < -0.39 is 17.7 Å². The summed E-state index contributed by atoms with van der Waals surface area (Å²) in [6, 6.07) is 9.34. The van der Waals surface area contributed by atoms with Crippen molar-refractivity contribution in [2.24, 2.45) is 11.8 Å². The number of benzene rings is 1. The zero-order valence-corrected chi connectivity index (χ0v) is 20.9. The maximum absolute atomic E-state index is 13.1. The van der Waals surface area contributed by atoms with Gasteiger partial charge in [0.25, 0.3) is 0 Å².